The molecular weight excluding hydrogens is 325 g/mol. The number of aryl methyl sites for hydroxylation is 2. The summed E-state index contributed by atoms with van der Waals surface area (Å²) in [5.74, 6) is 0.239. The van der Waals surface area contributed by atoms with Gasteiger partial charge in [-0.05, 0) is 12.5 Å². The monoisotopic (exact) mass is 343 g/mol. The van der Waals surface area contributed by atoms with Crippen LogP contribution >= 0.6 is 0 Å². The highest BCUT2D eigenvalue weighted by Gasteiger charge is 2.24. The second kappa shape index (κ2) is 5.58. The predicted molar refractivity (Wildman–Crippen MR) is 92.6 cm³/mol. The van der Waals surface area contributed by atoms with E-state index in [9.17, 15) is 14.0 Å². The molecule has 0 N–H and O–H groups in total. The van der Waals surface area contributed by atoms with Gasteiger partial charge in [0.2, 0.25) is 5.95 Å². The van der Waals surface area contributed by atoms with E-state index in [1.807, 2.05) is 16.5 Å². The zero-order valence-corrected chi connectivity index (χ0v) is 14.1. The van der Waals surface area contributed by atoms with Gasteiger partial charge in [0, 0.05) is 32.7 Å². The first-order valence-corrected chi connectivity index (χ1v) is 8.13. The number of rotatable bonds is 2. The molecule has 0 saturated carbocycles. The van der Waals surface area contributed by atoms with Crippen molar-refractivity contribution in [3.63, 3.8) is 0 Å². The average molecular weight is 343 g/mol. The number of halogens is 1. The van der Waals surface area contributed by atoms with E-state index < -0.39 is 17.1 Å². The third-order valence-corrected chi connectivity index (χ3v) is 4.72. The fourth-order valence-corrected chi connectivity index (χ4v) is 3.37. The minimum Gasteiger partial charge on any atom is -0.345 e. The molecule has 2 aromatic heterocycles. The van der Waals surface area contributed by atoms with Crippen LogP contribution in [0.2, 0.25) is 0 Å². The van der Waals surface area contributed by atoms with Crippen molar-refractivity contribution in [2.75, 3.05) is 18.5 Å². The third kappa shape index (κ3) is 2.28. The quantitative estimate of drug-likeness (QED) is 0.694. The maximum atomic E-state index is 14.0. The Kier molecular flexibility index (Phi) is 3.48. The van der Waals surface area contributed by atoms with Crippen LogP contribution in [0.4, 0.5) is 10.3 Å². The molecule has 0 aliphatic carbocycles. The Bertz CT molecular complexity index is 1090. The van der Waals surface area contributed by atoms with E-state index in [0.29, 0.717) is 29.2 Å². The summed E-state index contributed by atoms with van der Waals surface area (Å²) in [7, 11) is 3.49. The van der Waals surface area contributed by atoms with Crippen LogP contribution in [-0.2, 0) is 20.1 Å². The highest BCUT2D eigenvalue weighted by Crippen LogP contribution is 2.22. The van der Waals surface area contributed by atoms with Crippen LogP contribution in [0.5, 0.6) is 0 Å². The first-order chi connectivity index (χ1) is 12.0. The third-order valence-electron chi connectivity index (χ3n) is 4.72. The van der Waals surface area contributed by atoms with Crippen LogP contribution in [0.1, 0.15) is 12.0 Å². The molecule has 4 rings (SSSR count). The molecule has 8 heteroatoms. The van der Waals surface area contributed by atoms with Crippen LogP contribution in [0, 0.1) is 5.82 Å². The molecule has 0 amide bonds. The molecular formula is C17H18FN5O2. The number of benzene rings is 1. The Labute approximate surface area is 142 Å². The van der Waals surface area contributed by atoms with Crippen molar-refractivity contribution in [3.05, 3.63) is 56.5 Å². The number of hydrogen-bond acceptors (Lipinski definition) is 4. The summed E-state index contributed by atoms with van der Waals surface area (Å²) in [6.45, 7) is 1.41. The second-order valence-corrected chi connectivity index (χ2v) is 6.34. The molecule has 0 unspecified atom stereocenters. The molecule has 25 heavy (non-hydrogen) atoms. The molecule has 130 valence electrons. The van der Waals surface area contributed by atoms with Gasteiger partial charge in [0.1, 0.15) is 5.82 Å². The lowest BCUT2D eigenvalue weighted by atomic mass is 10.2. The molecule has 0 atom stereocenters. The fourth-order valence-electron chi connectivity index (χ4n) is 3.37. The van der Waals surface area contributed by atoms with Crippen molar-refractivity contribution >= 4 is 17.1 Å². The number of imidazole rings is 1. The predicted octanol–water partition coefficient (Wildman–Crippen LogP) is 0.924. The van der Waals surface area contributed by atoms with Gasteiger partial charge < -0.3 is 9.47 Å². The van der Waals surface area contributed by atoms with E-state index in [0.717, 1.165) is 17.5 Å². The highest BCUT2D eigenvalue weighted by atomic mass is 19.1. The van der Waals surface area contributed by atoms with E-state index >= 15 is 0 Å². The molecule has 3 heterocycles. The van der Waals surface area contributed by atoms with Crippen LogP contribution in [-0.4, -0.2) is 32.3 Å². The number of hydrogen-bond donors (Lipinski definition) is 0. The first-order valence-electron chi connectivity index (χ1n) is 8.13. The van der Waals surface area contributed by atoms with Gasteiger partial charge in [0.15, 0.2) is 11.2 Å². The Balaban J connectivity index is 1.99. The normalized spacial score (nSPS) is 14.1. The molecule has 3 aromatic rings. The van der Waals surface area contributed by atoms with Gasteiger partial charge in [-0.1, -0.05) is 18.2 Å². The van der Waals surface area contributed by atoms with Gasteiger partial charge in [-0.2, -0.15) is 4.98 Å². The zero-order chi connectivity index (χ0) is 17.7. The van der Waals surface area contributed by atoms with Crippen LogP contribution in [0.25, 0.3) is 11.2 Å². The molecule has 7 nitrogen and oxygen atoms in total. The van der Waals surface area contributed by atoms with E-state index in [1.165, 1.54) is 10.6 Å². The Morgan fingerprint density at radius 2 is 1.92 bits per heavy atom. The van der Waals surface area contributed by atoms with Crippen molar-refractivity contribution in [3.8, 4) is 0 Å². The standard InChI is InChI=1S/C17H18FN5O2/c1-20-8-5-9-22-13-14(19-16(20)22)21(2)17(25)23(15(13)24)10-11-6-3-4-7-12(11)18/h3-4,6-7H,5,8-10H2,1-2H3. The SMILES string of the molecule is CN1CCCn2c1nc1c2c(=O)n(Cc2ccccc2F)c(=O)n1C. The van der Waals surface area contributed by atoms with Crippen LogP contribution in [0.3, 0.4) is 0 Å². The number of nitrogens with zero attached hydrogens (tertiary/aromatic N) is 5. The molecule has 1 aromatic carbocycles. The molecule has 0 fully saturated rings. The summed E-state index contributed by atoms with van der Waals surface area (Å²) in [5.41, 5.74) is 0.120. The summed E-state index contributed by atoms with van der Waals surface area (Å²) < 4.78 is 18.2. The van der Waals surface area contributed by atoms with Gasteiger partial charge in [-0.3, -0.25) is 13.9 Å². The summed E-state index contributed by atoms with van der Waals surface area (Å²) in [5, 5.41) is 0. The summed E-state index contributed by atoms with van der Waals surface area (Å²) >= 11 is 0. The topological polar surface area (TPSA) is 65.1 Å². The number of anilines is 1. The summed E-state index contributed by atoms with van der Waals surface area (Å²) in [6.07, 6.45) is 0.893. The Hall–Kier alpha value is -2.90. The molecule has 0 radical (unpaired) electrons. The van der Waals surface area contributed by atoms with Crippen LogP contribution in [0.15, 0.2) is 33.9 Å². The molecule has 0 bridgehead atoms. The second-order valence-electron chi connectivity index (χ2n) is 6.34. The maximum absolute atomic E-state index is 14.0. The van der Waals surface area contributed by atoms with E-state index in [1.54, 1.807) is 25.2 Å². The highest BCUT2D eigenvalue weighted by molar-refractivity contribution is 5.74. The minimum absolute atomic E-state index is 0.107. The van der Waals surface area contributed by atoms with E-state index in [4.69, 9.17) is 0 Å². The molecule has 1 aliphatic heterocycles. The van der Waals surface area contributed by atoms with Gasteiger partial charge in [-0.25, -0.2) is 9.18 Å². The molecule has 1 aliphatic rings. The van der Waals surface area contributed by atoms with Gasteiger partial charge in [0.25, 0.3) is 5.56 Å². The molecule has 0 spiro atoms. The fraction of sp³-hybridized carbons (Fsp3) is 0.353. The van der Waals surface area contributed by atoms with Gasteiger partial charge in [-0.15, -0.1) is 0 Å². The maximum Gasteiger partial charge on any atom is 0.332 e. The summed E-state index contributed by atoms with van der Waals surface area (Å²) in [4.78, 5) is 32.1. The van der Waals surface area contributed by atoms with Crippen molar-refractivity contribution in [2.24, 2.45) is 7.05 Å². The lowest BCUT2D eigenvalue weighted by Gasteiger charge is -2.24. The largest absolute Gasteiger partial charge is 0.345 e. The lowest BCUT2D eigenvalue weighted by molar-refractivity contribution is 0.575. The van der Waals surface area contributed by atoms with E-state index in [-0.39, 0.29) is 6.54 Å². The van der Waals surface area contributed by atoms with Crippen molar-refractivity contribution < 1.29 is 4.39 Å². The average Bonchev–Trinajstić information content (AvgIpc) is 2.99. The first kappa shape index (κ1) is 15.6. The number of fused-ring (bicyclic) bond motifs is 3. The summed E-state index contributed by atoms with van der Waals surface area (Å²) in [6, 6.07) is 6.15. The lowest BCUT2D eigenvalue weighted by Crippen LogP contribution is -2.40. The number of aromatic nitrogens is 4. The van der Waals surface area contributed by atoms with Crippen molar-refractivity contribution in [1.82, 2.24) is 18.7 Å². The Morgan fingerprint density at radius 3 is 2.68 bits per heavy atom. The molecule has 0 saturated heterocycles. The van der Waals surface area contributed by atoms with E-state index in [2.05, 4.69) is 4.98 Å². The smallest absolute Gasteiger partial charge is 0.332 e. The van der Waals surface area contributed by atoms with Crippen LogP contribution < -0.4 is 16.1 Å². The Morgan fingerprint density at radius 1 is 1.16 bits per heavy atom. The van der Waals surface area contributed by atoms with Crippen molar-refractivity contribution in [1.29, 1.82) is 0 Å². The van der Waals surface area contributed by atoms with Gasteiger partial charge in [0.05, 0.1) is 6.54 Å². The minimum atomic E-state index is -0.501. The zero-order valence-electron chi connectivity index (χ0n) is 14.1. The van der Waals surface area contributed by atoms with Crippen molar-refractivity contribution in [2.45, 2.75) is 19.5 Å². The van der Waals surface area contributed by atoms with Gasteiger partial charge >= 0.3 is 5.69 Å².